The molecule has 0 bridgehead atoms. The molecule has 1 saturated heterocycles. The number of pyridine rings is 1. The fourth-order valence-electron chi connectivity index (χ4n) is 3.98. The molecule has 0 spiro atoms. The molecule has 0 aliphatic carbocycles. The monoisotopic (exact) mass is 468 g/mol. The minimum atomic E-state index is -4.76. The average molecular weight is 468 g/mol. The Kier molecular flexibility index (Phi) is 5.74. The van der Waals surface area contributed by atoms with E-state index in [1.54, 1.807) is 28.8 Å². The molecule has 1 aliphatic rings. The van der Waals surface area contributed by atoms with Crippen molar-refractivity contribution in [1.29, 1.82) is 0 Å². The molecule has 1 fully saturated rings. The SMILES string of the molecule is CN1CCN(c2ccc(Nc3nc4cccc(-c5cccc(OC(F)(F)F)c5)n4n3)cc2)CC1. The minimum absolute atomic E-state index is 0.291. The zero-order chi connectivity index (χ0) is 23.7. The second-order valence-electron chi connectivity index (χ2n) is 8.15. The maximum atomic E-state index is 12.6. The van der Waals surface area contributed by atoms with Crippen LogP contribution in [0.1, 0.15) is 0 Å². The minimum Gasteiger partial charge on any atom is -0.406 e. The van der Waals surface area contributed by atoms with Gasteiger partial charge in [-0.2, -0.15) is 4.98 Å². The predicted octanol–water partition coefficient (Wildman–Crippen LogP) is 4.79. The van der Waals surface area contributed by atoms with Gasteiger partial charge in [0.25, 0.3) is 0 Å². The summed E-state index contributed by atoms with van der Waals surface area (Å²) in [6.45, 7) is 4.07. The van der Waals surface area contributed by atoms with Crippen LogP contribution in [0, 0.1) is 0 Å². The lowest BCUT2D eigenvalue weighted by atomic mass is 10.1. The molecule has 2 aromatic heterocycles. The summed E-state index contributed by atoms with van der Waals surface area (Å²) in [5, 5.41) is 7.73. The molecule has 3 heterocycles. The number of fused-ring (bicyclic) bond motifs is 1. The van der Waals surface area contributed by atoms with Gasteiger partial charge in [0, 0.05) is 43.1 Å². The molecule has 1 N–H and O–H groups in total. The largest absolute Gasteiger partial charge is 0.573 e. The number of hydrogen-bond acceptors (Lipinski definition) is 6. The van der Waals surface area contributed by atoms with Crippen LogP contribution in [0.5, 0.6) is 5.75 Å². The number of nitrogens with one attached hydrogen (secondary N) is 1. The maximum Gasteiger partial charge on any atom is 0.573 e. The van der Waals surface area contributed by atoms with Crippen LogP contribution < -0.4 is 15.0 Å². The van der Waals surface area contributed by atoms with E-state index in [1.165, 1.54) is 23.9 Å². The van der Waals surface area contributed by atoms with Gasteiger partial charge in [-0.25, -0.2) is 4.52 Å². The van der Waals surface area contributed by atoms with Gasteiger partial charge in [0.15, 0.2) is 5.65 Å². The number of anilines is 3. The molecule has 34 heavy (non-hydrogen) atoms. The van der Waals surface area contributed by atoms with E-state index in [9.17, 15) is 13.2 Å². The first kappa shape index (κ1) is 22.0. The first-order chi connectivity index (χ1) is 16.3. The smallest absolute Gasteiger partial charge is 0.406 e. The molecule has 0 atom stereocenters. The summed E-state index contributed by atoms with van der Waals surface area (Å²) in [7, 11) is 2.13. The fourth-order valence-corrected chi connectivity index (χ4v) is 3.98. The van der Waals surface area contributed by atoms with Crippen molar-refractivity contribution in [3.05, 3.63) is 66.7 Å². The Morgan fingerprint density at radius 1 is 0.912 bits per heavy atom. The van der Waals surface area contributed by atoms with Crippen molar-refractivity contribution in [3.63, 3.8) is 0 Å². The topological polar surface area (TPSA) is 57.9 Å². The van der Waals surface area contributed by atoms with Crippen molar-refractivity contribution in [2.75, 3.05) is 43.4 Å². The highest BCUT2D eigenvalue weighted by molar-refractivity contribution is 5.66. The zero-order valence-electron chi connectivity index (χ0n) is 18.5. The van der Waals surface area contributed by atoms with E-state index in [0.717, 1.165) is 31.9 Å². The van der Waals surface area contributed by atoms with E-state index in [4.69, 9.17) is 0 Å². The molecule has 0 radical (unpaired) electrons. The number of ether oxygens (including phenoxy) is 1. The van der Waals surface area contributed by atoms with Crippen molar-refractivity contribution < 1.29 is 17.9 Å². The van der Waals surface area contributed by atoms with E-state index < -0.39 is 6.36 Å². The highest BCUT2D eigenvalue weighted by Gasteiger charge is 2.31. The number of rotatable bonds is 5. The molecule has 10 heteroatoms. The lowest BCUT2D eigenvalue weighted by Crippen LogP contribution is -2.44. The summed E-state index contributed by atoms with van der Waals surface area (Å²) in [6, 6.07) is 19.2. The van der Waals surface area contributed by atoms with Gasteiger partial charge >= 0.3 is 6.36 Å². The van der Waals surface area contributed by atoms with Crippen molar-refractivity contribution in [2.24, 2.45) is 0 Å². The second kappa shape index (κ2) is 8.86. The van der Waals surface area contributed by atoms with E-state index >= 15 is 0 Å². The first-order valence-electron chi connectivity index (χ1n) is 10.9. The lowest BCUT2D eigenvalue weighted by Gasteiger charge is -2.34. The van der Waals surface area contributed by atoms with Crippen LogP contribution in [0.25, 0.3) is 16.9 Å². The summed E-state index contributed by atoms with van der Waals surface area (Å²) in [5.74, 6) is 0.100. The van der Waals surface area contributed by atoms with E-state index in [2.05, 4.69) is 49.1 Å². The highest BCUT2D eigenvalue weighted by atomic mass is 19.4. The van der Waals surface area contributed by atoms with Crippen LogP contribution in [0.4, 0.5) is 30.5 Å². The number of hydrogen-bond donors (Lipinski definition) is 1. The number of piperazine rings is 1. The van der Waals surface area contributed by atoms with Gasteiger partial charge in [0.05, 0.1) is 5.69 Å². The molecular weight excluding hydrogens is 445 g/mol. The number of aromatic nitrogens is 3. The lowest BCUT2D eigenvalue weighted by molar-refractivity contribution is -0.274. The Hall–Kier alpha value is -3.79. The molecule has 1 aliphatic heterocycles. The van der Waals surface area contributed by atoms with Gasteiger partial charge < -0.3 is 19.9 Å². The van der Waals surface area contributed by atoms with Crippen LogP contribution in [0.3, 0.4) is 0 Å². The number of nitrogens with zero attached hydrogens (tertiary/aromatic N) is 5. The number of likely N-dealkylation sites (N-methyl/N-ethyl adjacent to an activating group) is 1. The number of benzene rings is 2. The van der Waals surface area contributed by atoms with Crippen molar-refractivity contribution >= 4 is 23.0 Å². The predicted molar refractivity (Wildman–Crippen MR) is 125 cm³/mol. The Balaban J connectivity index is 1.36. The van der Waals surface area contributed by atoms with Gasteiger partial charge in [0.1, 0.15) is 5.75 Å². The standard InChI is InChI=1S/C24H23F3N6O/c1-31-12-14-32(15-13-31)19-10-8-18(9-11-19)28-23-29-22-7-3-6-21(33(22)30-23)17-4-2-5-20(16-17)34-24(25,26)27/h2-11,16H,12-15H2,1H3,(H,28,30). The first-order valence-corrected chi connectivity index (χ1v) is 10.9. The number of alkyl halides is 3. The third kappa shape index (κ3) is 4.91. The second-order valence-corrected chi connectivity index (χ2v) is 8.15. The third-order valence-electron chi connectivity index (χ3n) is 5.72. The van der Waals surface area contributed by atoms with Gasteiger partial charge in [-0.05, 0) is 55.6 Å². The molecule has 7 nitrogen and oxygen atoms in total. The van der Waals surface area contributed by atoms with Gasteiger partial charge in [0.2, 0.25) is 5.95 Å². The van der Waals surface area contributed by atoms with Crippen molar-refractivity contribution in [3.8, 4) is 17.0 Å². The van der Waals surface area contributed by atoms with Gasteiger partial charge in [-0.15, -0.1) is 18.3 Å². The third-order valence-corrected chi connectivity index (χ3v) is 5.72. The molecule has 0 saturated carbocycles. The van der Waals surface area contributed by atoms with Crippen molar-refractivity contribution in [2.45, 2.75) is 6.36 Å². The van der Waals surface area contributed by atoms with Crippen molar-refractivity contribution in [1.82, 2.24) is 19.5 Å². The summed E-state index contributed by atoms with van der Waals surface area (Å²) in [4.78, 5) is 9.18. The maximum absolute atomic E-state index is 12.6. The van der Waals surface area contributed by atoms with Crippen LogP contribution in [-0.2, 0) is 0 Å². The Morgan fingerprint density at radius 2 is 1.65 bits per heavy atom. The average Bonchev–Trinajstić information content (AvgIpc) is 3.22. The van der Waals surface area contributed by atoms with Crippen LogP contribution in [0.15, 0.2) is 66.7 Å². The summed E-state index contributed by atoms with van der Waals surface area (Å²) >= 11 is 0. The number of halogens is 3. The Morgan fingerprint density at radius 3 is 2.38 bits per heavy atom. The molecule has 2 aromatic carbocycles. The molecule has 4 aromatic rings. The van der Waals surface area contributed by atoms with E-state index in [0.29, 0.717) is 22.9 Å². The summed E-state index contributed by atoms with van der Waals surface area (Å²) in [6.07, 6.45) is -4.76. The fraction of sp³-hybridized carbons (Fsp3) is 0.250. The Labute approximate surface area is 194 Å². The molecular formula is C24H23F3N6O. The van der Waals surface area contributed by atoms with Crippen LogP contribution in [0.2, 0.25) is 0 Å². The summed E-state index contributed by atoms with van der Waals surface area (Å²) < 4.78 is 43.5. The Bertz CT molecular complexity index is 1280. The normalized spacial score (nSPS) is 15.0. The van der Waals surface area contributed by atoms with Gasteiger partial charge in [-0.1, -0.05) is 18.2 Å². The molecule has 5 rings (SSSR count). The quantitative estimate of drug-likeness (QED) is 0.455. The van der Waals surface area contributed by atoms with Crippen LogP contribution >= 0.6 is 0 Å². The molecule has 0 amide bonds. The van der Waals surface area contributed by atoms with Gasteiger partial charge in [-0.3, -0.25) is 0 Å². The van der Waals surface area contributed by atoms with Crippen LogP contribution in [-0.4, -0.2) is 59.1 Å². The van der Waals surface area contributed by atoms with E-state index in [-0.39, 0.29) is 5.75 Å². The van der Waals surface area contributed by atoms with E-state index in [1.807, 2.05) is 12.1 Å². The highest BCUT2D eigenvalue weighted by Crippen LogP contribution is 2.29. The zero-order valence-corrected chi connectivity index (χ0v) is 18.5. The molecule has 176 valence electrons. The molecule has 0 unspecified atom stereocenters. The summed E-state index contributed by atoms with van der Waals surface area (Å²) in [5.41, 5.74) is 3.70.